The van der Waals surface area contributed by atoms with Crippen molar-refractivity contribution in [2.75, 3.05) is 6.61 Å². The van der Waals surface area contributed by atoms with Crippen LogP contribution in [0.3, 0.4) is 0 Å². The van der Waals surface area contributed by atoms with Gasteiger partial charge in [-0.05, 0) is 31.2 Å². The van der Waals surface area contributed by atoms with Crippen molar-refractivity contribution in [1.82, 2.24) is 0 Å². The van der Waals surface area contributed by atoms with E-state index < -0.39 is 0 Å². The molecule has 1 aromatic rings. The van der Waals surface area contributed by atoms with Gasteiger partial charge in [0.2, 0.25) is 0 Å². The highest BCUT2D eigenvalue weighted by Crippen LogP contribution is 2.18. The highest BCUT2D eigenvalue weighted by Gasteiger charge is 2.06. The van der Waals surface area contributed by atoms with Gasteiger partial charge in [-0.2, -0.15) is 0 Å². The Kier molecular flexibility index (Phi) is 4.26. The lowest BCUT2D eigenvalue weighted by atomic mass is 10.3. The summed E-state index contributed by atoms with van der Waals surface area (Å²) >= 11 is 0. The van der Waals surface area contributed by atoms with Crippen LogP contribution >= 0.6 is 0 Å². The molecular weight excluding hydrogens is 180 g/mol. The second kappa shape index (κ2) is 5.50. The average Bonchev–Trinajstić information content (AvgIpc) is 2.20. The lowest BCUT2D eigenvalue weighted by Crippen LogP contribution is -2.19. The molecule has 0 aromatic heterocycles. The number of rotatable bonds is 5. The molecule has 1 rings (SSSR count). The van der Waals surface area contributed by atoms with Crippen LogP contribution in [-0.4, -0.2) is 18.0 Å². The molecule has 0 unspecified atom stereocenters. The van der Waals surface area contributed by atoms with Crippen LogP contribution in [0.2, 0.25) is 0 Å². The first-order chi connectivity index (χ1) is 6.76. The summed E-state index contributed by atoms with van der Waals surface area (Å²) in [5.74, 6) is 0.949. The number of ether oxygens (including phenoxy) is 2. The minimum Gasteiger partial charge on any atom is -0.508 e. The Hall–Kier alpha value is -1.22. The highest BCUT2D eigenvalue weighted by molar-refractivity contribution is 5.30. The summed E-state index contributed by atoms with van der Waals surface area (Å²) in [5.41, 5.74) is 0. The highest BCUT2D eigenvalue weighted by atomic mass is 16.7. The number of benzene rings is 1. The van der Waals surface area contributed by atoms with Crippen LogP contribution < -0.4 is 4.74 Å². The van der Waals surface area contributed by atoms with Crippen molar-refractivity contribution >= 4 is 0 Å². The van der Waals surface area contributed by atoms with E-state index >= 15 is 0 Å². The molecule has 0 spiro atoms. The van der Waals surface area contributed by atoms with Gasteiger partial charge in [0.05, 0.1) is 0 Å². The maximum Gasteiger partial charge on any atom is 0.199 e. The second-order valence-electron chi connectivity index (χ2n) is 2.90. The fourth-order valence-electron chi connectivity index (χ4n) is 1.10. The fraction of sp³-hybridized carbons (Fsp3) is 0.455. The summed E-state index contributed by atoms with van der Waals surface area (Å²) in [6.07, 6.45) is 0.596. The molecule has 0 aliphatic heterocycles. The van der Waals surface area contributed by atoms with Crippen molar-refractivity contribution in [3.63, 3.8) is 0 Å². The zero-order chi connectivity index (χ0) is 10.4. The molecule has 0 radical (unpaired) electrons. The van der Waals surface area contributed by atoms with Gasteiger partial charge in [0.15, 0.2) is 6.29 Å². The monoisotopic (exact) mass is 196 g/mol. The fourth-order valence-corrected chi connectivity index (χ4v) is 1.10. The van der Waals surface area contributed by atoms with Crippen LogP contribution in [0.15, 0.2) is 24.3 Å². The molecule has 1 aromatic carbocycles. The largest absolute Gasteiger partial charge is 0.508 e. The van der Waals surface area contributed by atoms with E-state index in [2.05, 4.69) is 0 Å². The Balaban J connectivity index is 2.53. The van der Waals surface area contributed by atoms with E-state index in [-0.39, 0.29) is 12.0 Å². The lowest BCUT2D eigenvalue weighted by Gasteiger charge is -2.16. The van der Waals surface area contributed by atoms with Gasteiger partial charge in [0, 0.05) is 13.0 Å². The summed E-state index contributed by atoms with van der Waals surface area (Å²) in [5, 5.41) is 9.06. The molecule has 0 aliphatic rings. The van der Waals surface area contributed by atoms with Crippen LogP contribution in [0, 0.1) is 0 Å². The van der Waals surface area contributed by atoms with Gasteiger partial charge in [-0.3, -0.25) is 0 Å². The standard InChI is InChI=1S/C11H16O3/c1-3-11(13-4-2)14-10-7-5-9(12)6-8-10/h5-8,11-12H,3-4H2,1-2H3/t11-/m1/s1. The Morgan fingerprint density at radius 2 is 1.86 bits per heavy atom. The molecular formula is C11H16O3. The molecule has 0 amide bonds. The van der Waals surface area contributed by atoms with Crippen molar-refractivity contribution in [2.45, 2.75) is 26.6 Å². The van der Waals surface area contributed by atoms with E-state index in [4.69, 9.17) is 14.6 Å². The van der Waals surface area contributed by atoms with E-state index in [1.165, 1.54) is 0 Å². The quantitative estimate of drug-likeness (QED) is 0.735. The zero-order valence-corrected chi connectivity index (χ0v) is 8.56. The molecule has 14 heavy (non-hydrogen) atoms. The Morgan fingerprint density at radius 3 is 2.36 bits per heavy atom. The number of hydrogen-bond acceptors (Lipinski definition) is 3. The molecule has 0 heterocycles. The van der Waals surface area contributed by atoms with Crippen LogP contribution in [-0.2, 0) is 4.74 Å². The number of phenolic OH excluding ortho intramolecular Hbond substituents is 1. The lowest BCUT2D eigenvalue weighted by molar-refractivity contribution is -0.0766. The predicted octanol–water partition coefficient (Wildman–Crippen LogP) is 2.54. The third kappa shape index (κ3) is 3.26. The minimum atomic E-state index is -0.204. The average molecular weight is 196 g/mol. The van der Waals surface area contributed by atoms with Crippen molar-refractivity contribution in [3.8, 4) is 11.5 Å². The molecule has 0 saturated carbocycles. The summed E-state index contributed by atoms with van der Waals surface area (Å²) < 4.78 is 10.9. The van der Waals surface area contributed by atoms with Crippen molar-refractivity contribution in [2.24, 2.45) is 0 Å². The van der Waals surface area contributed by atoms with Crippen LogP contribution in [0.5, 0.6) is 11.5 Å². The molecule has 3 heteroatoms. The maximum atomic E-state index is 9.06. The summed E-state index contributed by atoms with van der Waals surface area (Å²) in [7, 11) is 0. The predicted molar refractivity (Wildman–Crippen MR) is 54.4 cm³/mol. The van der Waals surface area contributed by atoms with Crippen LogP contribution in [0.1, 0.15) is 20.3 Å². The first-order valence-electron chi connectivity index (χ1n) is 4.83. The number of phenols is 1. The Morgan fingerprint density at radius 1 is 1.21 bits per heavy atom. The first-order valence-corrected chi connectivity index (χ1v) is 4.83. The van der Waals surface area contributed by atoms with Gasteiger partial charge in [-0.25, -0.2) is 0 Å². The van der Waals surface area contributed by atoms with E-state index in [0.29, 0.717) is 12.4 Å². The van der Waals surface area contributed by atoms with Gasteiger partial charge in [0.1, 0.15) is 11.5 Å². The van der Waals surface area contributed by atoms with E-state index in [1.807, 2.05) is 13.8 Å². The van der Waals surface area contributed by atoms with Crippen LogP contribution in [0.25, 0.3) is 0 Å². The van der Waals surface area contributed by atoms with Gasteiger partial charge < -0.3 is 14.6 Å². The summed E-state index contributed by atoms with van der Waals surface area (Å²) in [4.78, 5) is 0. The third-order valence-electron chi connectivity index (χ3n) is 1.79. The van der Waals surface area contributed by atoms with Crippen molar-refractivity contribution < 1.29 is 14.6 Å². The molecule has 1 atom stereocenters. The normalized spacial score (nSPS) is 12.4. The minimum absolute atomic E-state index is 0.204. The Bertz CT molecular complexity index is 256. The topological polar surface area (TPSA) is 38.7 Å². The van der Waals surface area contributed by atoms with Crippen molar-refractivity contribution in [3.05, 3.63) is 24.3 Å². The van der Waals surface area contributed by atoms with Gasteiger partial charge in [-0.15, -0.1) is 0 Å². The molecule has 0 aliphatic carbocycles. The van der Waals surface area contributed by atoms with Gasteiger partial charge >= 0.3 is 0 Å². The van der Waals surface area contributed by atoms with Gasteiger partial charge in [0.25, 0.3) is 0 Å². The zero-order valence-electron chi connectivity index (χ0n) is 8.56. The molecule has 78 valence electrons. The maximum absolute atomic E-state index is 9.06. The summed E-state index contributed by atoms with van der Waals surface area (Å²) in [6, 6.07) is 6.62. The first kappa shape index (κ1) is 10.9. The molecule has 0 bridgehead atoms. The SMILES string of the molecule is CCO[C@@H](CC)Oc1ccc(O)cc1. The molecule has 1 N–H and O–H groups in total. The molecule has 3 nitrogen and oxygen atoms in total. The smallest absolute Gasteiger partial charge is 0.199 e. The van der Waals surface area contributed by atoms with E-state index in [0.717, 1.165) is 6.42 Å². The molecule has 0 saturated heterocycles. The third-order valence-corrected chi connectivity index (χ3v) is 1.79. The number of aromatic hydroxyl groups is 1. The van der Waals surface area contributed by atoms with Gasteiger partial charge in [-0.1, -0.05) is 6.92 Å². The Labute approximate surface area is 84.3 Å². The molecule has 0 fully saturated rings. The van der Waals surface area contributed by atoms with Crippen LogP contribution in [0.4, 0.5) is 0 Å². The van der Waals surface area contributed by atoms with E-state index in [9.17, 15) is 0 Å². The number of hydrogen-bond donors (Lipinski definition) is 1. The summed E-state index contributed by atoms with van der Waals surface area (Å²) in [6.45, 7) is 4.57. The van der Waals surface area contributed by atoms with E-state index in [1.54, 1.807) is 24.3 Å². The van der Waals surface area contributed by atoms with Crippen molar-refractivity contribution in [1.29, 1.82) is 0 Å². The second-order valence-corrected chi connectivity index (χ2v) is 2.90.